The summed E-state index contributed by atoms with van der Waals surface area (Å²) in [6.07, 6.45) is 2.05. The van der Waals surface area contributed by atoms with Crippen LogP contribution in [0.4, 0.5) is 3.89 Å². The third-order valence-electron chi connectivity index (χ3n) is 1.85. The summed E-state index contributed by atoms with van der Waals surface area (Å²) in [5.74, 6) is 0.425. The van der Waals surface area contributed by atoms with Crippen LogP contribution in [0.1, 0.15) is 20.3 Å². The molecule has 0 N–H and O–H groups in total. The lowest BCUT2D eigenvalue weighted by Crippen LogP contribution is -2.09. The predicted octanol–water partition coefficient (Wildman–Crippen LogP) is 1.59. The lowest BCUT2D eigenvalue weighted by atomic mass is 10.1. The molecule has 0 aliphatic carbocycles. The Labute approximate surface area is 82.9 Å². The summed E-state index contributed by atoms with van der Waals surface area (Å²) < 4.78 is 35.1. The van der Waals surface area contributed by atoms with Crippen LogP contribution >= 0.6 is 0 Å². The molecule has 0 aliphatic rings. The molecular weight excluding hydrogens is 207 g/mol. The molecule has 14 heavy (non-hydrogen) atoms. The van der Waals surface area contributed by atoms with Crippen LogP contribution in [0.3, 0.4) is 0 Å². The quantitative estimate of drug-likeness (QED) is 0.724. The number of halogens is 1. The largest absolute Gasteiger partial charge is 0.349 e. The monoisotopic (exact) mass is 220 g/mol. The van der Waals surface area contributed by atoms with Crippen molar-refractivity contribution in [2.75, 3.05) is 0 Å². The Morgan fingerprint density at radius 3 is 2.71 bits per heavy atom. The molecule has 1 aromatic rings. The molecule has 1 heterocycles. The molecule has 1 aromatic heterocycles. The Morgan fingerprint density at radius 2 is 2.21 bits per heavy atom. The first-order chi connectivity index (χ1) is 6.41. The average Bonchev–Trinajstić information content (AvgIpc) is 2.46. The van der Waals surface area contributed by atoms with Crippen molar-refractivity contribution in [3.8, 4) is 0 Å². The van der Waals surface area contributed by atoms with E-state index in [4.69, 9.17) is 0 Å². The van der Waals surface area contributed by atoms with Gasteiger partial charge in [-0.05, 0) is 18.4 Å². The molecule has 0 unspecified atom stereocenters. The molecular formula is C8H13FN2O2S. The number of hydrogen-bond acceptors (Lipinski definition) is 3. The van der Waals surface area contributed by atoms with Gasteiger partial charge in [0.25, 0.3) is 0 Å². The topological polar surface area (TPSA) is 52.0 Å². The Hall–Kier alpha value is -0.910. The van der Waals surface area contributed by atoms with E-state index in [1.807, 2.05) is 13.8 Å². The SMILES string of the molecule is CC(C)CCn1nccc1S(=O)(=O)F. The second-order valence-electron chi connectivity index (χ2n) is 3.51. The predicted molar refractivity (Wildman–Crippen MR) is 50.0 cm³/mol. The third kappa shape index (κ3) is 2.80. The van der Waals surface area contributed by atoms with Gasteiger partial charge >= 0.3 is 10.2 Å². The average molecular weight is 220 g/mol. The van der Waals surface area contributed by atoms with Gasteiger partial charge in [0.05, 0.1) is 6.20 Å². The zero-order valence-electron chi connectivity index (χ0n) is 8.14. The van der Waals surface area contributed by atoms with Crippen LogP contribution < -0.4 is 0 Å². The smallest absolute Gasteiger partial charge is 0.252 e. The highest BCUT2D eigenvalue weighted by Gasteiger charge is 2.17. The molecule has 0 bridgehead atoms. The minimum Gasteiger partial charge on any atom is -0.252 e. The van der Waals surface area contributed by atoms with Gasteiger partial charge in [0.1, 0.15) is 0 Å². The van der Waals surface area contributed by atoms with E-state index < -0.39 is 10.2 Å². The first-order valence-electron chi connectivity index (χ1n) is 4.37. The van der Waals surface area contributed by atoms with Crippen molar-refractivity contribution in [2.24, 2.45) is 5.92 Å². The third-order valence-corrected chi connectivity index (χ3v) is 2.69. The van der Waals surface area contributed by atoms with E-state index in [9.17, 15) is 12.3 Å². The van der Waals surface area contributed by atoms with Crippen molar-refractivity contribution in [1.29, 1.82) is 0 Å². The summed E-state index contributed by atoms with van der Waals surface area (Å²) in [7, 11) is -4.64. The molecule has 6 heteroatoms. The summed E-state index contributed by atoms with van der Waals surface area (Å²) in [5, 5.41) is 3.39. The van der Waals surface area contributed by atoms with Crippen LogP contribution in [-0.4, -0.2) is 18.2 Å². The van der Waals surface area contributed by atoms with Gasteiger partial charge in [0.2, 0.25) is 0 Å². The second-order valence-corrected chi connectivity index (χ2v) is 4.81. The fourth-order valence-corrected chi connectivity index (χ4v) is 1.69. The van der Waals surface area contributed by atoms with Gasteiger partial charge < -0.3 is 0 Å². The summed E-state index contributed by atoms with van der Waals surface area (Å²) in [5.41, 5.74) is 0. The van der Waals surface area contributed by atoms with Crippen molar-refractivity contribution < 1.29 is 12.3 Å². The maximum atomic E-state index is 12.7. The fraction of sp³-hybridized carbons (Fsp3) is 0.625. The van der Waals surface area contributed by atoms with E-state index in [2.05, 4.69) is 5.10 Å². The molecule has 0 spiro atoms. The summed E-state index contributed by atoms with van der Waals surface area (Å²) in [6, 6.07) is 1.16. The normalized spacial score (nSPS) is 12.3. The Kier molecular flexibility index (Phi) is 3.25. The van der Waals surface area contributed by atoms with Crippen LogP contribution in [0, 0.1) is 5.92 Å². The number of hydrogen-bond donors (Lipinski definition) is 0. The van der Waals surface area contributed by atoms with Crippen LogP contribution in [0.5, 0.6) is 0 Å². The van der Waals surface area contributed by atoms with E-state index in [0.29, 0.717) is 12.5 Å². The first kappa shape index (κ1) is 11.2. The number of aromatic nitrogens is 2. The van der Waals surface area contributed by atoms with E-state index >= 15 is 0 Å². The fourth-order valence-electron chi connectivity index (χ4n) is 1.08. The van der Waals surface area contributed by atoms with Gasteiger partial charge in [-0.15, -0.1) is 0 Å². The zero-order chi connectivity index (χ0) is 10.8. The van der Waals surface area contributed by atoms with E-state index in [0.717, 1.165) is 12.5 Å². The molecule has 0 fully saturated rings. The van der Waals surface area contributed by atoms with Crippen LogP contribution in [0.25, 0.3) is 0 Å². The van der Waals surface area contributed by atoms with Crippen molar-refractivity contribution in [2.45, 2.75) is 31.8 Å². The summed E-state index contributed by atoms with van der Waals surface area (Å²) in [4.78, 5) is 0. The van der Waals surface area contributed by atoms with Crippen molar-refractivity contribution >= 4 is 10.2 Å². The van der Waals surface area contributed by atoms with Gasteiger partial charge in [-0.3, -0.25) is 4.68 Å². The summed E-state index contributed by atoms with van der Waals surface area (Å²) >= 11 is 0. The van der Waals surface area contributed by atoms with Crippen molar-refractivity contribution in [3.05, 3.63) is 12.3 Å². The molecule has 0 aromatic carbocycles. The zero-order valence-corrected chi connectivity index (χ0v) is 8.96. The summed E-state index contributed by atoms with van der Waals surface area (Å²) in [6.45, 7) is 4.43. The van der Waals surface area contributed by atoms with Crippen LogP contribution in [0.2, 0.25) is 0 Å². The van der Waals surface area contributed by atoms with Crippen molar-refractivity contribution in [1.82, 2.24) is 9.78 Å². The Bertz CT molecular complexity index is 397. The maximum absolute atomic E-state index is 12.7. The minimum absolute atomic E-state index is 0.363. The van der Waals surface area contributed by atoms with Gasteiger partial charge in [0, 0.05) is 6.54 Å². The van der Waals surface area contributed by atoms with Gasteiger partial charge in [-0.1, -0.05) is 17.7 Å². The van der Waals surface area contributed by atoms with Gasteiger partial charge in [0.15, 0.2) is 5.03 Å². The molecule has 0 radical (unpaired) electrons. The Balaban J connectivity index is 2.84. The number of rotatable bonds is 4. The molecule has 0 saturated heterocycles. The number of aryl methyl sites for hydroxylation is 1. The molecule has 0 atom stereocenters. The standard InChI is InChI=1S/C8H13FN2O2S/c1-7(2)4-6-11-8(3-5-10-11)14(9,12)13/h3,5,7H,4,6H2,1-2H3. The maximum Gasteiger partial charge on any atom is 0.349 e. The highest BCUT2D eigenvalue weighted by molar-refractivity contribution is 7.86. The van der Waals surface area contributed by atoms with Crippen LogP contribution in [0.15, 0.2) is 17.3 Å². The van der Waals surface area contributed by atoms with Crippen molar-refractivity contribution in [3.63, 3.8) is 0 Å². The Morgan fingerprint density at radius 1 is 1.57 bits per heavy atom. The minimum atomic E-state index is -4.64. The van der Waals surface area contributed by atoms with Gasteiger partial charge in [-0.2, -0.15) is 13.5 Å². The molecule has 0 aliphatic heterocycles. The van der Waals surface area contributed by atoms with E-state index in [1.54, 1.807) is 0 Å². The van der Waals surface area contributed by atoms with E-state index in [1.165, 1.54) is 10.9 Å². The first-order valence-corrected chi connectivity index (χ1v) is 5.76. The molecule has 80 valence electrons. The van der Waals surface area contributed by atoms with Crippen LogP contribution in [-0.2, 0) is 16.8 Å². The van der Waals surface area contributed by atoms with Gasteiger partial charge in [-0.25, -0.2) is 0 Å². The molecule has 4 nitrogen and oxygen atoms in total. The lowest BCUT2D eigenvalue weighted by molar-refractivity contribution is 0.452. The highest BCUT2D eigenvalue weighted by Crippen LogP contribution is 2.12. The molecule has 0 saturated carbocycles. The highest BCUT2D eigenvalue weighted by atomic mass is 32.3. The molecule has 1 rings (SSSR count). The molecule has 0 amide bonds. The van der Waals surface area contributed by atoms with E-state index in [-0.39, 0.29) is 5.03 Å². The lowest BCUT2D eigenvalue weighted by Gasteiger charge is -2.06. The number of nitrogens with zero attached hydrogens (tertiary/aromatic N) is 2. The second kappa shape index (κ2) is 4.08.